The van der Waals surface area contributed by atoms with Crippen molar-refractivity contribution in [2.75, 3.05) is 40.0 Å². The van der Waals surface area contributed by atoms with Gasteiger partial charge in [0.1, 0.15) is 12.2 Å². The van der Waals surface area contributed by atoms with Crippen molar-refractivity contribution in [1.82, 2.24) is 25.4 Å². The molecule has 2 rings (SSSR count). The minimum Gasteiger partial charge on any atom is -0.383 e. The van der Waals surface area contributed by atoms with Crippen molar-refractivity contribution in [3.63, 3.8) is 0 Å². The first kappa shape index (κ1) is 18.7. The third-order valence-electron chi connectivity index (χ3n) is 3.99. The molecule has 0 amide bonds. The van der Waals surface area contributed by atoms with E-state index in [1.165, 1.54) is 0 Å². The van der Waals surface area contributed by atoms with E-state index in [0.717, 1.165) is 57.5 Å². The molecule has 8 nitrogen and oxygen atoms in total. The summed E-state index contributed by atoms with van der Waals surface area (Å²) in [5.74, 6) is 2.34. The van der Waals surface area contributed by atoms with Crippen molar-refractivity contribution < 1.29 is 9.47 Å². The number of nitrogens with one attached hydrogen (secondary N) is 2. The number of aromatic nitrogens is 3. The summed E-state index contributed by atoms with van der Waals surface area (Å²) in [5.41, 5.74) is 0. The maximum absolute atomic E-state index is 5.42. The van der Waals surface area contributed by atoms with E-state index in [4.69, 9.17) is 14.5 Å². The summed E-state index contributed by atoms with van der Waals surface area (Å²) in [4.78, 5) is 4.71. The topological polar surface area (TPSA) is 85.6 Å². The van der Waals surface area contributed by atoms with Gasteiger partial charge in [-0.1, -0.05) is 6.92 Å². The van der Waals surface area contributed by atoms with Crippen molar-refractivity contribution in [1.29, 1.82) is 0 Å². The van der Waals surface area contributed by atoms with Crippen LogP contribution in [0.25, 0.3) is 0 Å². The molecule has 136 valence electrons. The van der Waals surface area contributed by atoms with Gasteiger partial charge in [0.15, 0.2) is 5.96 Å². The van der Waals surface area contributed by atoms with E-state index in [2.05, 4.69) is 39.2 Å². The predicted octanol–water partition coefficient (Wildman–Crippen LogP) is 0.447. The summed E-state index contributed by atoms with van der Waals surface area (Å²) in [7, 11) is 1.70. The summed E-state index contributed by atoms with van der Waals surface area (Å²) in [6, 6.07) is 0.196. The van der Waals surface area contributed by atoms with Crippen molar-refractivity contribution >= 4 is 5.96 Å². The molecule has 2 N–H and O–H groups in total. The van der Waals surface area contributed by atoms with Crippen molar-refractivity contribution in [3.8, 4) is 0 Å². The Kier molecular flexibility index (Phi) is 7.97. The SMILES string of the molecule is CCc1nncn1CCNC(=NCC1CCOC1)NC(C)COC. The highest BCUT2D eigenvalue weighted by Gasteiger charge is 2.15. The number of aliphatic imine (C=N–C) groups is 1. The highest BCUT2D eigenvalue weighted by atomic mass is 16.5. The van der Waals surface area contributed by atoms with Gasteiger partial charge >= 0.3 is 0 Å². The fourth-order valence-electron chi connectivity index (χ4n) is 2.66. The molecule has 0 saturated carbocycles. The molecule has 0 aromatic carbocycles. The van der Waals surface area contributed by atoms with Crippen LogP contribution in [0.4, 0.5) is 0 Å². The highest BCUT2D eigenvalue weighted by molar-refractivity contribution is 5.80. The summed E-state index contributed by atoms with van der Waals surface area (Å²) in [6.45, 7) is 8.81. The molecular weight excluding hydrogens is 308 g/mol. The van der Waals surface area contributed by atoms with Gasteiger partial charge in [0.2, 0.25) is 0 Å². The van der Waals surface area contributed by atoms with E-state index in [9.17, 15) is 0 Å². The molecule has 0 aliphatic carbocycles. The number of aryl methyl sites for hydroxylation is 1. The minimum atomic E-state index is 0.196. The van der Waals surface area contributed by atoms with Gasteiger partial charge in [-0.3, -0.25) is 4.99 Å². The summed E-state index contributed by atoms with van der Waals surface area (Å²) in [6.07, 6.45) is 3.74. The lowest BCUT2D eigenvalue weighted by atomic mass is 10.1. The van der Waals surface area contributed by atoms with Gasteiger partial charge in [0.05, 0.1) is 13.2 Å². The zero-order valence-electron chi connectivity index (χ0n) is 15.0. The Hall–Kier alpha value is -1.67. The summed E-state index contributed by atoms with van der Waals surface area (Å²) >= 11 is 0. The molecule has 1 saturated heterocycles. The number of rotatable bonds is 9. The van der Waals surface area contributed by atoms with E-state index >= 15 is 0 Å². The van der Waals surface area contributed by atoms with Gasteiger partial charge in [0, 0.05) is 51.7 Å². The van der Waals surface area contributed by atoms with Crippen molar-refractivity contribution in [2.24, 2.45) is 10.9 Å². The number of ether oxygens (including phenoxy) is 2. The Morgan fingerprint density at radius 3 is 3.17 bits per heavy atom. The molecular formula is C16H30N6O2. The lowest BCUT2D eigenvalue weighted by Crippen LogP contribution is -2.45. The van der Waals surface area contributed by atoms with Crippen LogP contribution < -0.4 is 10.6 Å². The smallest absolute Gasteiger partial charge is 0.191 e. The van der Waals surface area contributed by atoms with Crippen LogP contribution in [0.1, 0.15) is 26.1 Å². The van der Waals surface area contributed by atoms with Gasteiger partial charge in [-0.25, -0.2) is 0 Å². The first-order valence-corrected chi connectivity index (χ1v) is 8.71. The molecule has 1 aliphatic heterocycles. The summed E-state index contributed by atoms with van der Waals surface area (Å²) in [5, 5.41) is 14.8. The molecule has 2 heterocycles. The number of guanidine groups is 1. The van der Waals surface area contributed by atoms with E-state index in [1.807, 2.05) is 0 Å². The predicted molar refractivity (Wildman–Crippen MR) is 93.1 cm³/mol. The quantitative estimate of drug-likeness (QED) is 0.502. The van der Waals surface area contributed by atoms with Crippen LogP contribution in [0.2, 0.25) is 0 Å². The molecule has 24 heavy (non-hydrogen) atoms. The normalized spacial score (nSPS) is 19.5. The molecule has 1 aromatic rings. The minimum absolute atomic E-state index is 0.196. The summed E-state index contributed by atoms with van der Waals surface area (Å²) < 4.78 is 12.7. The highest BCUT2D eigenvalue weighted by Crippen LogP contribution is 2.12. The second-order valence-electron chi connectivity index (χ2n) is 6.14. The van der Waals surface area contributed by atoms with Crippen molar-refractivity contribution in [3.05, 3.63) is 12.2 Å². The van der Waals surface area contributed by atoms with Gasteiger partial charge in [-0.2, -0.15) is 0 Å². The van der Waals surface area contributed by atoms with Crippen LogP contribution in [0, 0.1) is 5.92 Å². The average Bonchev–Trinajstić information content (AvgIpc) is 3.24. The standard InChI is InChI=1S/C16H30N6O2/c1-4-15-21-19-12-22(15)7-6-17-16(20-13(2)10-23-3)18-9-14-5-8-24-11-14/h12-14H,4-11H2,1-3H3,(H2,17,18,20). The average molecular weight is 338 g/mol. The Labute approximate surface area is 144 Å². The number of methoxy groups -OCH3 is 1. The Morgan fingerprint density at radius 2 is 2.46 bits per heavy atom. The van der Waals surface area contributed by atoms with Crippen LogP contribution in [0.5, 0.6) is 0 Å². The Bertz CT molecular complexity index is 499. The Morgan fingerprint density at radius 1 is 1.58 bits per heavy atom. The van der Waals surface area contributed by atoms with E-state index in [-0.39, 0.29) is 6.04 Å². The molecule has 2 unspecified atom stereocenters. The van der Waals surface area contributed by atoms with E-state index < -0.39 is 0 Å². The maximum Gasteiger partial charge on any atom is 0.191 e. The third-order valence-corrected chi connectivity index (χ3v) is 3.99. The molecule has 2 atom stereocenters. The van der Waals surface area contributed by atoms with Crippen molar-refractivity contribution in [2.45, 2.75) is 39.3 Å². The molecule has 0 bridgehead atoms. The second-order valence-corrected chi connectivity index (χ2v) is 6.14. The number of nitrogens with zero attached hydrogens (tertiary/aromatic N) is 4. The molecule has 1 aliphatic rings. The van der Waals surface area contributed by atoms with Gasteiger partial charge < -0.3 is 24.7 Å². The Balaban J connectivity index is 1.85. The van der Waals surface area contributed by atoms with Crippen LogP contribution in [-0.2, 0) is 22.4 Å². The number of hydrogen-bond acceptors (Lipinski definition) is 5. The van der Waals surface area contributed by atoms with Crippen LogP contribution in [0.15, 0.2) is 11.3 Å². The van der Waals surface area contributed by atoms with E-state index in [1.54, 1.807) is 13.4 Å². The fourth-order valence-corrected chi connectivity index (χ4v) is 2.66. The molecule has 1 aromatic heterocycles. The zero-order chi connectivity index (χ0) is 17.2. The zero-order valence-corrected chi connectivity index (χ0v) is 15.0. The van der Waals surface area contributed by atoms with Crippen LogP contribution >= 0.6 is 0 Å². The second kappa shape index (κ2) is 10.2. The molecule has 0 radical (unpaired) electrons. The van der Waals surface area contributed by atoms with Crippen LogP contribution in [0.3, 0.4) is 0 Å². The van der Waals surface area contributed by atoms with Crippen LogP contribution in [-0.4, -0.2) is 66.8 Å². The lowest BCUT2D eigenvalue weighted by molar-refractivity contribution is 0.178. The molecule has 0 spiro atoms. The largest absolute Gasteiger partial charge is 0.383 e. The first-order valence-electron chi connectivity index (χ1n) is 8.71. The lowest BCUT2D eigenvalue weighted by Gasteiger charge is -2.18. The molecule has 1 fully saturated rings. The van der Waals surface area contributed by atoms with Gasteiger partial charge in [-0.05, 0) is 13.3 Å². The first-order chi connectivity index (χ1) is 11.7. The fraction of sp³-hybridized carbons (Fsp3) is 0.812. The monoisotopic (exact) mass is 338 g/mol. The third kappa shape index (κ3) is 6.09. The van der Waals surface area contributed by atoms with E-state index in [0.29, 0.717) is 12.5 Å². The molecule has 8 heteroatoms. The number of hydrogen-bond donors (Lipinski definition) is 2. The maximum atomic E-state index is 5.42. The van der Waals surface area contributed by atoms with Gasteiger partial charge in [0.25, 0.3) is 0 Å². The van der Waals surface area contributed by atoms with Gasteiger partial charge in [-0.15, -0.1) is 10.2 Å².